The van der Waals surface area contributed by atoms with Crippen molar-refractivity contribution >= 4 is 22.8 Å². The van der Waals surface area contributed by atoms with E-state index in [1.807, 2.05) is 6.92 Å². The van der Waals surface area contributed by atoms with Crippen LogP contribution in [0.4, 0.5) is 0 Å². The summed E-state index contributed by atoms with van der Waals surface area (Å²) in [5.41, 5.74) is 1.50. The molecule has 0 unspecified atom stereocenters. The number of carbonyl (C=O) groups is 2. The minimum absolute atomic E-state index is 0.153. The summed E-state index contributed by atoms with van der Waals surface area (Å²) in [5.74, 6) is -0.0286. The lowest BCUT2D eigenvalue weighted by atomic mass is 10.1. The number of hydrogen-bond acceptors (Lipinski definition) is 4. The molecule has 0 bridgehead atoms. The molecule has 88 valence electrons. The van der Waals surface area contributed by atoms with Crippen molar-refractivity contribution in [3.05, 3.63) is 23.9 Å². The van der Waals surface area contributed by atoms with Crippen LogP contribution in [0.25, 0.3) is 10.9 Å². The molecule has 1 heterocycles. The van der Waals surface area contributed by atoms with Crippen molar-refractivity contribution in [1.29, 1.82) is 0 Å². The number of aryl methyl sites for hydroxylation is 1. The number of rotatable bonds is 1. The number of aromatic nitrogens is 2. The zero-order valence-electron chi connectivity index (χ0n) is 9.85. The second kappa shape index (κ2) is 4.01. The van der Waals surface area contributed by atoms with Crippen LogP contribution < -0.4 is 4.74 Å². The maximum atomic E-state index is 11.3. The van der Waals surface area contributed by atoms with Gasteiger partial charge in [-0.3, -0.25) is 9.59 Å². The molecule has 0 aliphatic rings. The van der Waals surface area contributed by atoms with Crippen LogP contribution in [0.15, 0.2) is 18.3 Å². The van der Waals surface area contributed by atoms with E-state index < -0.39 is 0 Å². The monoisotopic (exact) mass is 232 g/mol. The van der Waals surface area contributed by atoms with E-state index in [9.17, 15) is 9.59 Å². The first kappa shape index (κ1) is 11.3. The molecule has 0 aliphatic heterocycles. The normalized spacial score (nSPS) is 10.5. The Balaban J connectivity index is 2.59. The smallest absolute Gasteiger partial charge is 0.308 e. The quantitative estimate of drug-likeness (QED) is 0.556. The average molecular weight is 232 g/mol. The van der Waals surface area contributed by atoms with Gasteiger partial charge in [0.05, 0.1) is 11.7 Å². The summed E-state index contributed by atoms with van der Waals surface area (Å²) in [7, 11) is 0. The highest BCUT2D eigenvalue weighted by Gasteiger charge is 2.10. The summed E-state index contributed by atoms with van der Waals surface area (Å²) in [6, 6.07) is 3.49. The van der Waals surface area contributed by atoms with Crippen LogP contribution in [-0.2, 0) is 4.79 Å². The van der Waals surface area contributed by atoms with E-state index in [1.54, 1.807) is 18.3 Å². The fourth-order valence-electron chi connectivity index (χ4n) is 1.67. The fourth-order valence-corrected chi connectivity index (χ4v) is 1.67. The molecule has 0 N–H and O–H groups in total. The van der Waals surface area contributed by atoms with Gasteiger partial charge < -0.3 is 4.74 Å². The Morgan fingerprint density at radius 3 is 2.59 bits per heavy atom. The van der Waals surface area contributed by atoms with Gasteiger partial charge in [0.2, 0.25) is 5.91 Å². The first-order valence-electron chi connectivity index (χ1n) is 5.17. The van der Waals surface area contributed by atoms with Gasteiger partial charge >= 0.3 is 5.97 Å². The van der Waals surface area contributed by atoms with Crippen LogP contribution in [0.5, 0.6) is 5.75 Å². The molecule has 5 nitrogen and oxygen atoms in total. The molecule has 5 heteroatoms. The first-order valence-corrected chi connectivity index (χ1v) is 5.17. The van der Waals surface area contributed by atoms with E-state index in [4.69, 9.17) is 4.74 Å². The molecule has 0 spiro atoms. The minimum atomic E-state index is -0.369. The Labute approximate surface area is 98.0 Å². The molecule has 2 rings (SSSR count). The van der Waals surface area contributed by atoms with Gasteiger partial charge in [-0.2, -0.15) is 5.10 Å². The van der Waals surface area contributed by atoms with E-state index >= 15 is 0 Å². The molecule has 0 saturated heterocycles. The number of esters is 1. The maximum absolute atomic E-state index is 11.3. The van der Waals surface area contributed by atoms with E-state index in [1.165, 1.54) is 18.5 Å². The molecule has 0 fully saturated rings. The summed E-state index contributed by atoms with van der Waals surface area (Å²) in [6.45, 7) is 4.61. The lowest BCUT2D eigenvalue weighted by molar-refractivity contribution is -0.131. The summed E-state index contributed by atoms with van der Waals surface area (Å²) in [5, 5.41) is 4.75. The lowest BCUT2D eigenvalue weighted by Crippen LogP contribution is -2.07. The van der Waals surface area contributed by atoms with Crippen LogP contribution in [0, 0.1) is 6.92 Å². The van der Waals surface area contributed by atoms with Gasteiger partial charge in [-0.15, -0.1) is 0 Å². The predicted molar refractivity (Wildman–Crippen MR) is 62.1 cm³/mol. The second-order valence-corrected chi connectivity index (χ2v) is 3.85. The first-order chi connectivity index (χ1) is 7.99. The van der Waals surface area contributed by atoms with E-state index in [-0.39, 0.29) is 11.9 Å². The lowest BCUT2D eigenvalue weighted by Gasteiger charge is -2.06. The molecule has 0 aliphatic carbocycles. The molecular formula is C12H12N2O3. The topological polar surface area (TPSA) is 61.2 Å². The number of hydrogen-bond donors (Lipinski definition) is 0. The van der Waals surface area contributed by atoms with Gasteiger partial charge in [-0.1, -0.05) is 0 Å². The summed E-state index contributed by atoms with van der Waals surface area (Å²) in [6.07, 6.45) is 1.57. The van der Waals surface area contributed by atoms with Crippen LogP contribution in [0.1, 0.15) is 24.2 Å². The van der Waals surface area contributed by atoms with Crippen molar-refractivity contribution in [2.45, 2.75) is 20.8 Å². The largest absolute Gasteiger partial charge is 0.426 e. The summed E-state index contributed by atoms with van der Waals surface area (Å²) >= 11 is 0. The van der Waals surface area contributed by atoms with Crippen molar-refractivity contribution < 1.29 is 14.3 Å². The van der Waals surface area contributed by atoms with Crippen LogP contribution in [-0.4, -0.2) is 21.7 Å². The van der Waals surface area contributed by atoms with Crippen molar-refractivity contribution in [3.8, 4) is 5.75 Å². The summed E-state index contributed by atoms with van der Waals surface area (Å²) < 4.78 is 6.38. The molecule has 17 heavy (non-hydrogen) atoms. The number of benzene rings is 1. The van der Waals surface area contributed by atoms with Gasteiger partial charge in [0.1, 0.15) is 5.75 Å². The Kier molecular flexibility index (Phi) is 2.67. The van der Waals surface area contributed by atoms with Crippen molar-refractivity contribution in [2.75, 3.05) is 0 Å². The third-order valence-corrected chi connectivity index (χ3v) is 2.42. The maximum Gasteiger partial charge on any atom is 0.308 e. The fraction of sp³-hybridized carbons (Fsp3) is 0.250. The zero-order chi connectivity index (χ0) is 12.6. The molecule has 0 amide bonds. The number of nitrogens with zero attached hydrogens (tertiary/aromatic N) is 2. The standard InChI is InChI=1S/C12H12N2O3/c1-7-4-11-10(5-12(7)17-9(3)16)6-13-14(11)8(2)15/h4-6H,1-3H3. The SMILES string of the molecule is CC(=O)Oc1cc2cnn(C(C)=O)c2cc1C. The Morgan fingerprint density at radius 1 is 1.29 bits per heavy atom. The minimum Gasteiger partial charge on any atom is -0.426 e. The molecule has 1 aromatic heterocycles. The van der Waals surface area contributed by atoms with Gasteiger partial charge in [-0.05, 0) is 24.6 Å². The number of ether oxygens (including phenoxy) is 1. The highest BCUT2D eigenvalue weighted by molar-refractivity contribution is 5.91. The highest BCUT2D eigenvalue weighted by Crippen LogP contribution is 2.25. The van der Waals surface area contributed by atoms with Gasteiger partial charge in [0.15, 0.2) is 0 Å². The zero-order valence-corrected chi connectivity index (χ0v) is 9.85. The van der Waals surface area contributed by atoms with E-state index in [0.29, 0.717) is 11.3 Å². The van der Waals surface area contributed by atoms with Crippen LogP contribution >= 0.6 is 0 Å². The van der Waals surface area contributed by atoms with Crippen LogP contribution in [0.2, 0.25) is 0 Å². The van der Waals surface area contributed by atoms with Gasteiger partial charge in [0, 0.05) is 19.2 Å². The molecule has 0 saturated carbocycles. The third-order valence-electron chi connectivity index (χ3n) is 2.42. The average Bonchev–Trinajstić information content (AvgIpc) is 2.60. The molecule has 0 radical (unpaired) electrons. The van der Waals surface area contributed by atoms with Crippen molar-refractivity contribution in [1.82, 2.24) is 9.78 Å². The third kappa shape index (κ3) is 2.04. The predicted octanol–water partition coefficient (Wildman–Crippen LogP) is 1.93. The Hall–Kier alpha value is -2.17. The van der Waals surface area contributed by atoms with Gasteiger partial charge in [0.25, 0.3) is 0 Å². The van der Waals surface area contributed by atoms with Crippen LogP contribution in [0.3, 0.4) is 0 Å². The Bertz CT molecular complexity index is 613. The molecule has 1 aromatic carbocycles. The highest BCUT2D eigenvalue weighted by atomic mass is 16.5. The van der Waals surface area contributed by atoms with Crippen molar-refractivity contribution in [3.63, 3.8) is 0 Å². The number of fused-ring (bicyclic) bond motifs is 1. The molecule has 2 aromatic rings. The molecule has 0 atom stereocenters. The Morgan fingerprint density at radius 2 is 2.00 bits per heavy atom. The molecular weight excluding hydrogens is 220 g/mol. The van der Waals surface area contributed by atoms with E-state index in [0.717, 1.165) is 10.9 Å². The van der Waals surface area contributed by atoms with Crippen molar-refractivity contribution in [2.24, 2.45) is 0 Å². The number of carbonyl (C=O) groups excluding carboxylic acids is 2. The summed E-state index contributed by atoms with van der Waals surface area (Å²) in [4.78, 5) is 22.2. The van der Waals surface area contributed by atoms with Gasteiger partial charge in [-0.25, -0.2) is 4.68 Å². The second-order valence-electron chi connectivity index (χ2n) is 3.85. The van der Waals surface area contributed by atoms with E-state index in [2.05, 4.69) is 5.10 Å².